The summed E-state index contributed by atoms with van der Waals surface area (Å²) in [7, 11) is 0. The van der Waals surface area contributed by atoms with Crippen molar-refractivity contribution in [2.24, 2.45) is 0 Å². The van der Waals surface area contributed by atoms with Crippen molar-refractivity contribution in [1.82, 2.24) is 0 Å². The van der Waals surface area contributed by atoms with Crippen molar-refractivity contribution >= 4 is 11.9 Å². The predicted octanol–water partition coefficient (Wildman–Crippen LogP) is 0.839. The van der Waals surface area contributed by atoms with Crippen LogP contribution in [0, 0.1) is 5.39 Å². The number of aliphatic carboxylic acids is 2. The maximum atomic E-state index is 10.2. The molecule has 0 bridgehead atoms. The Kier molecular flexibility index (Phi) is 3.89. The third-order valence-electron chi connectivity index (χ3n) is 1.16. The van der Waals surface area contributed by atoms with E-state index < -0.39 is 17.6 Å². The van der Waals surface area contributed by atoms with Crippen molar-refractivity contribution in [2.45, 2.75) is 6.92 Å². The number of diazo groups is 1. The van der Waals surface area contributed by atoms with E-state index in [2.05, 4.69) is 4.98 Å². The second-order valence-electron chi connectivity index (χ2n) is 2.11. The summed E-state index contributed by atoms with van der Waals surface area (Å²) in [6, 6.07) is 0. The molecule has 0 aromatic rings. The van der Waals surface area contributed by atoms with E-state index in [4.69, 9.17) is 15.6 Å². The summed E-state index contributed by atoms with van der Waals surface area (Å²) in [5.41, 5.74) is -0.678. The summed E-state index contributed by atoms with van der Waals surface area (Å²) >= 11 is 0. The molecular formula is C7H7N2O4+. The summed E-state index contributed by atoms with van der Waals surface area (Å²) in [5, 5.41) is 24.8. The number of hydrogen-bond acceptors (Lipinski definition) is 3. The highest BCUT2D eigenvalue weighted by atomic mass is 16.4. The molecule has 68 valence electrons. The van der Waals surface area contributed by atoms with Gasteiger partial charge in [-0.1, -0.05) is 0 Å². The zero-order valence-electron chi connectivity index (χ0n) is 6.76. The van der Waals surface area contributed by atoms with Crippen molar-refractivity contribution < 1.29 is 19.8 Å². The van der Waals surface area contributed by atoms with E-state index in [0.717, 1.165) is 12.2 Å². The number of allylic oxidation sites excluding steroid dienone is 2. The molecule has 0 heterocycles. The first kappa shape index (κ1) is 10.8. The molecule has 0 rings (SSSR count). The van der Waals surface area contributed by atoms with Crippen LogP contribution in [0.25, 0.3) is 4.98 Å². The Hall–Kier alpha value is -2.16. The molecule has 0 amide bonds. The monoisotopic (exact) mass is 183 g/mol. The molecule has 0 aliphatic rings. The quantitative estimate of drug-likeness (QED) is 0.383. The second-order valence-corrected chi connectivity index (χ2v) is 2.11. The lowest BCUT2D eigenvalue weighted by Gasteiger charge is -1.85. The number of hydrogen-bond donors (Lipinski definition) is 2. The molecule has 0 saturated heterocycles. The molecule has 6 nitrogen and oxygen atoms in total. The number of carboxylic acid groups (broad SMARTS) is 2. The SMILES string of the molecule is CC(=CC=C([N+]#N)C(=O)O)C(=O)O. The van der Waals surface area contributed by atoms with Crippen molar-refractivity contribution in [1.29, 1.82) is 5.39 Å². The van der Waals surface area contributed by atoms with Gasteiger partial charge in [0.05, 0.1) is 0 Å². The molecule has 0 saturated carbocycles. The van der Waals surface area contributed by atoms with E-state index in [1.807, 2.05) is 0 Å². The van der Waals surface area contributed by atoms with Gasteiger partial charge in [-0.2, -0.15) is 0 Å². The van der Waals surface area contributed by atoms with E-state index >= 15 is 0 Å². The number of nitrogens with zero attached hydrogens (tertiary/aromatic N) is 2. The van der Waals surface area contributed by atoms with Gasteiger partial charge in [-0.05, 0) is 13.0 Å². The summed E-state index contributed by atoms with van der Waals surface area (Å²) in [6.45, 7) is 1.29. The average molecular weight is 183 g/mol. The van der Waals surface area contributed by atoms with Crippen LogP contribution in [0.5, 0.6) is 0 Å². The highest BCUT2D eigenvalue weighted by Gasteiger charge is 2.19. The fourth-order valence-corrected chi connectivity index (χ4v) is 0.423. The van der Waals surface area contributed by atoms with Gasteiger partial charge in [0.2, 0.25) is 5.39 Å². The highest BCUT2D eigenvalue weighted by Crippen LogP contribution is 1.99. The first-order valence-corrected chi connectivity index (χ1v) is 3.19. The summed E-state index contributed by atoms with van der Waals surface area (Å²) in [5.74, 6) is -2.60. The molecule has 6 heteroatoms. The second kappa shape index (κ2) is 4.66. The van der Waals surface area contributed by atoms with Crippen LogP contribution in [0.2, 0.25) is 0 Å². The summed E-state index contributed by atoms with van der Waals surface area (Å²) in [4.78, 5) is 22.9. The minimum Gasteiger partial charge on any atom is -0.478 e. The molecule has 0 atom stereocenters. The van der Waals surface area contributed by atoms with Crippen molar-refractivity contribution in [3.8, 4) is 0 Å². The van der Waals surface area contributed by atoms with Gasteiger partial charge in [-0.25, -0.2) is 9.59 Å². The standard InChI is InChI=1S/C7H6N2O4/c1-4(6(10)11)2-3-5(9-8)7(12)13/h2-3H,1H3,(H-,10,11,12,13)/p+1. The molecule has 0 unspecified atom stereocenters. The molecule has 0 aliphatic heterocycles. The molecule has 0 radical (unpaired) electrons. The Labute approximate surface area is 73.4 Å². The molecule has 0 fully saturated rings. The Bertz CT molecular complexity index is 335. The molecule has 2 N–H and O–H groups in total. The Morgan fingerprint density at radius 3 is 2.08 bits per heavy atom. The van der Waals surface area contributed by atoms with Gasteiger partial charge >= 0.3 is 17.6 Å². The molecule has 0 aromatic heterocycles. The van der Waals surface area contributed by atoms with Crippen molar-refractivity contribution in [3.63, 3.8) is 0 Å². The lowest BCUT2D eigenvalue weighted by Crippen LogP contribution is -1.97. The highest BCUT2D eigenvalue weighted by molar-refractivity contribution is 5.90. The van der Waals surface area contributed by atoms with Crippen molar-refractivity contribution in [3.05, 3.63) is 28.4 Å². The third-order valence-corrected chi connectivity index (χ3v) is 1.16. The zero-order chi connectivity index (χ0) is 10.4. The topological polar surface area (TPSA) is 103 Å². The van der Waals surface area contributed by atoms with E-state index in [-0.39, 0.29) is 5.57 Å². The van der Waals surface area contributed by atoms with Crippen LogP contribution in [0.4, 0.5) is 0 Å². The first-order valence-electron chi connectivity index (χ1n) is 3.19. The minimum atomic E-state index is -1.43. The lowest BCUT2D eigenvalue weighted by atomic mass is 10.2. The van der Waals surface area contributed by atoms with Crippen LogP contribution in [-0.2, 0) is 9.59 Å². The van der Waals surface area contributed by atoms with Crippen LogP contribution in [0.3, 0.4) is 0 Å². The van der Waals surface area contributed by atoms with Crippen LogP contribution in [-0.4, -0.2) is 22.2 Å². The van der Waals surface area contributed by atoms with Gasteiger partial charge in [0.1, 0.15) is 0 Å². The van der Waals surface area contributed by atoms with Gasteiger partial charge in [0.25, 0.3) is 0 Å². The first-order chi connectivity index (χ1) is 5.99. The van der Waals surface area contributed by atoms with E-state index in [0.29, 0.717) is 0 Å². The fourth-order valence-electron chi connectivity index (χ4n) is 0.423. The van der Waals surface area contributed by atoms with Crippen molar-refractivity contribution in [2.75, 3.05) is 0 Å². The van der Waals surface area contributed by atoms with E-state index in [1.165, 1.54) is 6.92 Å². The van der Waals surface area contributed by atoms with Crippen LogP contribution >= 0.6 is 0 Å². The smallest absolute Gasteiger partial charge is 0.468 e. The summed E-state index contributed by atoms with van der Waals surface area (Å²) in [6.07, 6.45) is 1.93. The predicted molar refractivity (Wildman–Crippen MR) is 42.2 cm³/mol. The lowest BCUT2D eigenvalue weighted by molar-refractivity contribution is -0.133. The minimum absolute atomic E-state index is 0.0533. The Balaban J connectivity index is 4.77. The number of rotatable bonds is 3. The molecule has 0 aromatic carbocycles. The van der Waals surface area contributed by atoms with Crippen LogP contribution < -0.4 is 0 Å². The van der Waals surface area contributed by atoms with Crippen LogP contribution in [0.1, 0.15) is 6.92 Å². The Morgan fingerprint density at radius 2 is 1.77 bits per heavy atom. The molecular weight excluding hydrogens is 176 g/mol. The molecule has 0 aliphatic carbocycles. The maximum Gasteiger partial charge on any atom is 0.468 e. The van der Waals surface area contributed by atoms with E-state index in [9.17, 15) is 9.59 Å². The maximum absolute atomic E-state index is 10.2. The average Bonchev–Trinajstić information content (AvgIpc) is 2.04. The number of carboxylic acids is 2. The van der Waals surface area contributed by atoms with Gasteiger partial charge < -0.3 is 10.2 Å². The normalized spacial score (nSPS) is 12.0. The van der Waals surface area contributed by atoms with Gasteiger partial charge in [-0.3, -0.25) is 0 Å². The van der Waals surface area contributed by atoms with E-state index in [1.54, 1.807) is 0 Å². The number of carbonyl (C=O) groups is 2. The summed E-state index contributed by atoms with van der Waals surface area (Å²) < 4.78 is 0. The molecule has 0 spiro atoms. The third kappa shape index (κ3) is 3.67. The fraction of sp³-hybridized carbons (Fsp3) is 0.143. The van der Waals surface area contributed by atoms with Gasteiger partial charge in [0.15, 0.2) is 4.98 Å². The largest absolute Gasteiger partial charge is 0.478 e. The Morgan fingerprint density at radius 1 is 1.23 bits per heavy atom. The molecule has 13 heavy (non-hydrogen) atoms. The van der Waals surface area contributed by atoms with Gasteiger partial charge in [-0.15, -0.1) is 0 Å². The van der Waals surface area contributed by atoms with Crippen LogP contribution in [0.15, 0.2) is 23.4 Å². The van der Waals surface area contributed by atoms with Gasteiger partial charge in [0, 0.05) is 11.6 Å². The zero-order valence-corrected chi connectivity index (χ0v) is 6.76.